The summed E-state index contributed by atoms with van der Waals surface area (Å²) in [6.45, 7) is 0. The number of hydrogen-bond acceptors (Lipinski definition) is 6. The third kappa shape index (κ3) is 3.84. The quantitative estimate of drug-likeness (QED) is 0.460. The van der Waals surface area contributed by atoms with Crippen LogP contribution in [0, 0.1) is 0 Å². The van der Waals surface area contributed by atoms with Crippen LogP contribution in [0.5, 0.6) is 17.2 Å². The third-order valence-electron chi connectivity index (χ3n) is 3.08. The van der Waals surface area contributed by atoms with Crippen molar-refractivity contribution in [2.24, 2.45) is 0 Å². The number of benzene rings is 2. The van der Waals surface area contributed by atoms with Gasteiger partial charge in [0.1, 0.15) is 22.8 Å². The number of carbonyl (C=O) groups is 2. The molecule has 0 saturated heterocycles. The molecule has 23 heavy (non-hydrogen) atoms. The van der Waals surface area contributed by atoms with Crippen molar-refractivity contribution in [2.75, 3.05) is 21.3 Å². The van der Waals surface area contributed by atoms with Crippen LogP contribution in [-0.2, 0) is 4.79 Å². The van der Waals surface area contributed by atoms with Gasteiger partial charge in [0.05, 0.1) is 21.3 Å². The molecule has 0 radical (unpaired) electrons. The second kappa shape index (κ2) is 7.69. The molecule has 2 aromatic carbocycles. The number of ketones is 1. The fraction of sp³-hybridized carbons (Fsp3) is 0.176. The molecule has 0 aliphatic rings. The van der Waals surface area contributed by atoms with E-state index in [-0.39, 0.29) is 17.1 Å². The SMILES string of the molecule is COc1cc(OC)c(C(=O)C(=O)Sc2ccccc2)c(OC)c1. The fourth-order valence-corrected chi connectivity index (χ4v) is 2.68. The Kier molecular flexibility index (Phi) is 5.65. The molecular formula is C17H16O5S. The second-order valence-electron chi connectivity index (χ2n) is 4.44. The van der Waals surface area contributed by atoms with Crippen molar-refractivity contribution < 1.29 is 23.8 Å². The van der Waals surface area contributed by atoms with Crippen LogP contribution in [0.4, 0.5) is 0 Å². The average molecular weight is 332 g/mol. The molecule has 0 aliphatic carbocycles. The minimum absolute atomic E-state index is 0.0873. The van der Waals surface area contributed by atoms with Gasteiger partial charge in [0.15, 0.2) is 0 Å². The number of ether oxygens (including phenoxy) is 3. The van der Waals surface area contributed by atoms with Crippen molar-refractivity contribution in [1.29, 1.82) is 0 Å². The second-order valence-corrected chi connectivity index (χ2v) is 5.48. The highest BCUT2D eigenvalue weighted by Crippen LogP contribution is 2.35. The predicted octanol–water partition coefficient (Wildman–Crippen LogP) is 3.21. The molecule has 0 saturated carbocycles. The van der Waals surface area contributed by atoms with Gasteiger partial charge in [0, 0.05) is 17.0 Å². The van der Waals surface area contributed by atoms with Crippen molar-refractivity contribution in [2.45, 2.75) is 4.90 Å². The maximum Gasteiger partial charge on any atom is 0.265 e. The average Bonchev–Trinajstić information content (AvgIpc) is 2.60. The van der Waals surface area contributed by atoms with E-state index in [1.54, 1.807) is 24.3 Å². The topological polar surface area (TPSA) is 61.8 Å². The zero-order valence-electron chi connectivity index (χ0n) is 13.0. The van der Waals surface area contributed by atoms with Crippen molar-refractivity contribution in [1.82, 2.24) is 0 Å². The lowest BCUT2D eigenvalue weighted by Gasteiger charge is -2.13. The van der Waals surface area contributed by atoms with Gasteiger partial charge in [0.2, 0.25) is 5.78 Å². The number of carbonyl (C=O) groups excluding carboxylic acids is 2. The smallest absolute Gasteiger partial charge is 0.265 e. The molecule has 0 unspecified atom stereocenters. The molecule has 0 fully saturated rings. The Balaban J connectivity index is 2.36. The van der Waals surface area contributed by atoms with Gasteiger partial charge in [-0.2, -0.15) is 0 Å². The van der Waals surface area contributed by atoms with Crippen molar-refractivity contribution >= 4 is 22.7 Å². The van der Waals surface area contributed by atoms with Crippen LogP contribution in [0.25, 0.3) is 0 Å². The van der Waals surface area contributed by atoms with Crippen LogP contribution in [0.1, 0.15) is 10.4 Å². The van der Waals surface area contributed by atoms with Crippen molar-refractivity contribution in [3.63, 3.8) is 0 Å². The molecule has 0 N–H and O–H groups in total. The summed E-state index contributed by atoms with van der Waals surface area (Å²) in [7, 11) is 4.33. The predicted molar refractivity (Wildman–Crippen MR) is 87.7 cm³/mol. The van der Waals surface area contributed by atoms with E-state index in [9.17, 15) is 9.59 Å². The van der Waals surface area contributed by atoms with Gasteiger partial charge in [-0.1, -0.05) is 18.2 Å². The molecule has 2 aromatic rings. The van der Waals surface area contributed by atoms with E-state index in [0.717, 1.165) is 11.8 Å². The number of Topliss-reactive ketones (excluding diaryl/α,β-unsaturated/α-hetero) is 1. The van der Waals surface area contributed by atoms with Gasteiger partial charge < -0.3 is 14.2 Å². The van der Waals surface area contributed by atoms with E-state index in [1.807, 2.05) is 6.07 Å². The molecule has 0 heterocycles. The number of hydrogen-bond donors (Lipinski definition) is 0. The molecule has 6 heteroatoms. The highest BCUT2D eigenvalue weighted by molar-refractivity contribution is 8.15. The first-order chi connectivity index (χ1) is 11.1. The van der Waals surface area contributed by atoms with Gasteiger partial charge in [-0.15, -0.1) is 0 Å². The molecule has 0 aromatic heterocycles. The van der Waals surface area contributed by atoms with Gasteiger partial charge in [-0.05, 0) is 23.9 Å². The van der Waals surface area contributed by atoms with Crippen molar-refractivity contribution in [3.05, 3.63) is 48.0 Å². The summed E-state index contributed by atoms with van der Waals surface area (Å²) in [5.74, 6) is 0.245. The van der Waals surface area contributed by atoms with Gasteiger partial charge >= 0.3 is 0 Å². The Morgan fingerprint density at radius 3 is 1.91 bits per heavy atom. The minimum atomic E-state index is -0.685. The van der Waals surface area contributed by atoms with Crippen LogP contribution >= 0.6 is 11.8 Å². The van der Waals surface area contributed by atoms with E-state index in [0.29, 0.717) is 10.6 Å². The molecule has 0 amide bonds. The summed E-state index contributed by atoms with van der Waals surface area (Å²) in [5.41, 5.74) is 0.0873. The first kappa shape index (κ1) is 16.9. The Hall–Kier alpha value is -2.47. The van der Waals surface area contributed by atoms with E-state index in [4.69, 9.17) is 14.2 Å². The van der Waals surface area contributed by atoms with E-state index in [1.165, 1.54) is 33.5 Å². The molecule has 0 atom stereocenters. The summed E-state index contributed by atoms with van der Waals surface area (Å²) in [5, 5.41) is -0.613. The highest BCUT2D eigenvalue weighted by atomic mass is 32.2. The maximum atomic E-state index is 12.5. The zero-order chi connectivity index (χ0) is 16.8. The number of thioether (sulfide) groups is 1. The van der Waals surface area contributed by atoms with Crippen LogP contribution in [0.15, 0.2) is 47.4 Å². The summed E-state index contributed by atoms with van der Waals surface area (Å²) in [4.78, 5) is 25.5. The Morgan fingerprint density at radius 1 is 0.870 bits per heavy atom. The largest absolute Gasteiger partial charge is 0.496 e. The third-order valence-corrected chi connectivity index (χ3v) is 3.96. The molecule has 2 rings (SSSR count). The normalized spacial score (nSPS) is 10.0. The molecule has 0 bridgehead atoms. The fourth-order valence-electron chi connectivity index (χ4n) is 1.97. The first-order valence-corrected chi connectivity index (χ1v) is 7.54. The summed E-state index contributed by atoms with van der Waals surface area (Å²) in [6.07, 6.45) is 0. The lowest BCUT2D eigenvalue weighted by Crippen LogP contribution is -2.13. The molecule has 120 valence electrons. The Bertz CT molecular complexity index is 687. The van der Waals surface area contributed by atoms with Gasteiger partial charge in [-0.25, -0.2) is 0 Å². The zero-order valence-corrected chi connectivity index (χ0v) is 13.8. The summed E-state index contributed by atoms with van der Waals surface area (Å²) < 4.78 is 15.5. The summed E-state index contributed by atoms with van der Waals surface area (Å²) >= 11 is 0.864. The lowest BCUT2D eigenvalue weighted by molar-refractivity contribution is -0.107. The monoisotopic (exact) mass is 332 g/mol. The van der Waals surface area contributed by atoms with Gasteiger partial charge in [0.25, 0.3) is 5.12 Å². The highest BCUT2D eigenvalue weighted by Gasteiger charge is 2.26. The lowest BCUT2D eigenvalue weighted by atomic mass is 10.1. The van der Waals surface area contributed by atoms with Crippen LogP contribution < -0.4 is 14.2 Å². The first-order valence-electron chi connectivity index (χ1n) is 6.72. The number of rotatable bonds is 6. The van der Waals surface area contributed by atoms with E-state index < -0.39 is 10.9 Å². The molecular weight excluding hydrogens is 316 g/mol. The van der Waals surface area contributed by atoms with Crippen LogP contribution in [0.2, 0.25) is 0 Å². The molecule has 0 aliphatic heterocycles. The molecule has 5 nitrogen and oxygen atoms in total. The maximum absolute atomic E-state index is 12.5. The van der Waals surface area contributed by atoms with Crippen molar-refractivity contribution in [3.8, 4) is 17.2 Å². The van der Waals surface area contributed by atoms with Crippen LogP contribution in [0.3, 0.4) is 0 Å². The Labute approximate surface area is 138 Å². The summed E-state index contributed by atoms with van der Waals surface area (Å²) in [6, 6.07) is 12.0. The molecule has 0 spiro atoms. The van der Waals surface area contributed by atoms with E-state index in [2.05, 4.69) is 0 Å². The Morgan fingerprint density at radius 2 is 1.43 bits per heavy atom. The van der Waals surface area contributed by atoms with Gasteiger partial charge in [-0.3, -0.25) is 9.59 Å². The van der Waals surface area contributed by atoms with Crippen LogP contribution in [-0.4, -0.2) is 32.2 Å². The number of methoxy groups -OCH3 is 3. The standard InChI is InChI=1S/C17H16O5S/c1-20-11-9-13(21-2)15(14(10-11)22-3)16(18)17(19)23-12-7-5-4-6-8-12/h4-10H,1-3H3. The minimum Gasteiger partial charge on any atom is -0.496 e. The van der Waals surface area contributed by atoms with E-state index >= 15 is 0 Å².